The van der Waals surface area contributed by atoms with Crippen LogP contribution in [-0.2, 0) is 6.42 Å². The maximum absolute atomic E-state index is 9.12. The fourth-order valence-corrected chi connectivity index (χ4v) is 2.72. The number of unbranched alkanes of at least 4 members (excludes halogenated alkanes) is 1. The highest BCUT2D eigenvalue weighted by atomic mass is 16.5. The zero-order valence-corrected chi connectivity index (χ0v) is 15.5. The molecule has 3 aromatic rings. The summed E-state index contributed by atoms with van der Waals surface area (Å²) in [6.45, 7) is 5.02. The smallest absolute Gasteiger partial charge is 0.227 e. The summed E-state index contributed by atoms with van der Waals surface area (Å²) in [7, 11) is 0. The summed E-state index contributed by atoms with van der Waals surface area (Å²) < 4.78 is 11.6. The summed E-state index contributed by atoms with van der Waals surface area (Å²) in [5.41, 5.74) is 3.79. The first-order chi connectivity index (χ1) is 12.7. The molecule has 0 aliphatic carbocycles. The van der Waals surface area contributed by atoms with Gasteiger partial charge < -0.3 is 14.3 Å². The standard InChI is InChI=1S/C22H26NO3/c1-3-4-13-25-19-10-8-18(9-11-19)22-23-20-14-17(6-5-16(2)15-24)7-12-21(20)26-22/h7-12,14,24H,3-6,13,15H2,1-2H3. The van der Waals surface area contributed by atoms with Crippen molar-refractivity contribution in [2.45, 2.75) is 39.5 Å². The lowest BCUT2D eigenvalue weighted by Crippen LogP contribution is -1.99. The van der Waals surface area contributed by atoms with Crippen LogP contribution in [-0.4, -0.2) is 23.3 Å². The topological polar surface area (TPSA) is 55.5 Å². The minimum atomic E-state index is 0.147. The van der Waals surface area contributed by atoms with Gasteiger partial charge in [0.25, 0.3) is 0 Å². The van der Waals surface area contributed by atoms with Gasteiger partial charge in [0.2, 0.25) is 5.89 Å². The molecule has 0 bridgehead atoms. The normalized spacial score (nSPS) is 11.4. The van der Waals surface area contributed by atoms with Crippen molar-refractivity contribution in [3.8, 4) is 17.2 Å². The summed E-state index contributed by atoms with van der Waals surface area (Å²) in [6.07, 6.45) is 3.96. The van der Waals surface area contributed by atoms with E-state index in [9.17, 15) is 0 Å². The zero-order valence-electron chi connectivity index (χ0n) is 15.5. The van der Waals surface area contributed by atoms with E-state index in [1.54, 1.807) is 0 Å². The molecular formula is C22H26NO3. The number of rotatable bonds is 9. The zero-order chi connectivity index (χ0) is 18.4. The van der Waals surface area contributed by atoms with Gasteiger partial charge in [0.1, 0.15) is 11.3 Å². The van der Waals surface area contributed by atoms with Crippen LogP contribution in [0.4, 0.5) is 0 Å². The molecule has 1 aromatic heterocycles. The molecule has 1 N–H and O–H groups in total. The van der Waals surface area contributed by atoms with Crippen LogP contribution in [0.15, 0.2) is 46.9 Å². The van der Waals surface area contributed by atoms with Crippen molar-refractivity contribution in [1.82, 2.24) is 4.98 Å². The van der Waals surface area contributed by atoms with Crippen LogP contribution >= 0.6 is 0 Å². The van der Waals surface area contributed by atoms with E-state index in [0.717, 1.165) is 60.6 Å². The van der Waals surface area contributed by atoms with Crippen LogP contribution in [0, 0.1) is 5.92 Å². The van der Waals surface area contributed by atoms with Crippen molar-refractivity contribution in [1.29, 1.82) is 0 Å². The number of benzene rings is 2. The van der Waals surface area contributed by atoms with Crippen LogP contribution in [0.5, 0.6) is 5.75 Å². The highest BCUT2D eigenvalue weighted by Crippen LogP contribution is 2.27. The average molecular weight is 352 g/mol. The molecule has 137 valence electrons. The fourth-order valence-electron chi connectivity index (χ4n) is 2.72. The Morgan fingerprint density at radius 1 is 1.15 bits per heavy atom. The molecule has 1 radical (unpaired) electrons. The molecule has 0 unspecified atom stereocenters. The van der Waals surface area contributed by atoms with Crippen LogP contribution in [0.2, 0.25) is 0 Å². The molecule has 0 fully saturated rings. The van der Waals surface area contributed by atoms with Gasteiger partial charge in [-0.25, -0.2) is 4.98 Å². The number of ether oxygens (including phenoxy) is 1. The van der Waals surface area contributed by atoms with E-state index in [1.165, 1.54) is 5.56 Å². The Hall–Kier alpha value is -2.33. The Morgan fingerprint density at radius 3 is 2.69 bits per heavy atom. The van der Waals surface area contributed by atoms with Crippen molar-refractivity contribution in [2.24, 2.45) is 0 Å². The Morgan fingerprint density at radius 2 is 1.96 bits per heavy atom. The largest absolute Gasteiger partial charge is 0.494 e. The van der Waals surface area contributed by atoms with Crippen LogP contribution < -0.4 is 4.74 Å². The molecule has 0 saturated heterocycles. The first-order valence-electron chi connectivity index (χ1n) is 9.24. The second-order valence-electron chi connectivity index (χ2n) is 6.66. The molecule has 0 aliphatic rings. The SMILES string of the molecule is CCCCOc1ccc(-c2nc3cc(CC[C](C)CO)ccc3o2)cc1. The van der Waals surface area contributed by atoms with Gasteiger partial charge in [-0.2, -0.15) is 0 Å². The van der Waals surface area contributed by atoms with Crippen molar-refractivity contribution < 1.29 is 14.3 Å². The molecule has 0 spiro atoms. The molecule has 0 saturated carbocycles. The predicted molar refractivity (Wildman–Crippen MR) is 104 cm³/mol. The van der Waals surface area contributed by atoms with Crippen LogP contribution in [0.3, 0.4) is 0 Å². The number of nitrogens with zero attached hydrogens (tertiary/aromatic N) is 1. The number of hydrogen-bond donors (Lipinski definition) is 1. The molecule has 0 aliphatic heterocycles. The maximum Gasteiger partial charge on any atom is 0.227 e. The minimum Gasteiger partial charge on any atom is -0.494 e. The van der Waals surface area contributed by atoms with E-state index in [-0.39, 0.29) is 6.61 Å². The Kier molecular flexibility index (Phi) is 6.29. The highest BCUT2D eigenvalue weighted by molar-refractivity contribution is 5.77. The molecule has 3 rings (SSSR count). The van der Waals surface area contributed by atoms with Crippen molar-refractivity contribution in [3.05, 3.63) is 53.9 Å². The second kappa shape index (κ2) is 8.86. The molecule has 2 aromatic carbocycles. The average Bonchev–Trinajstić information content (AvgIpc) is 3.10. The Balaban J connectivity index is 1.72. The van der Waals surface area contributed by atoms with Crippen molar-refractivity contribution in [3.63, 3.8) is 0 Å². The number of aliphatic hydroxyl groups is 1. The van der Waals surface area contributed by atoms with E-state index in [4.69, 9.17) is 14.3 Å². The first kappa shape index (κ1) is 18.5. The molecule has 1 heterocycles. The first-order valence-corrected chi connectivity index (χ1v) is 9.24. The van der Waals surface area contributed by atoms with Gasteiger partial charge in [-0.15, -0.1) is 0 Å². The highest BCUT2D eigenvalue weighted by Gasteiger charge is 2.10. The van der Waals surface area contributed by atoms with Gasteiger partial charge in [0.15, 0.2) is 5.58 Å². The molecular weight excluding hydrogens is 326 g/mol. The van der Waals surface area contributed by atoms with E-state index >= 15 is 0 Å². The lowest BCUT2D eigenvalue weighted by atomic mass is 10.0. The number of oxazole rings is 1. The fraction of sp³-hybridized carbons (Fsp3) is 0.364. The van der Waals surface area contributed by atoms with Gasteiger partial charge in [-0.1, -0.05) is 26.3 Å². The molecule has 0 amide bonds. The third-order valence-electron chi connectivity index (χ3n) is 4.43. The summed E-state index contributed by atoms with van der Waals surface area (Å²) in [5, 5.41) is 9.12. The van der Waals surface area contributed by atoms with Crippen molar-refractivity contribution in [2.75, 3.05) is 13.2 Å². The summed E-state index contributed by atoms with van der Waals surface area (Å²) in [5.74, 6) is 2.58. The second-order valence-corrected chi connectivity index (χ2v) is 6.66. The van der Waals surface area contributed by atoms with E-state index in [0.29, 0.717) is 5.89 Å². The summed E-state index contributed by atoms with van der Waals surface area (Å²) in [6, 6.07) is 14.0. The Bertz CT molecular complexity index is 823. The van der Waals surface area contributed by atoms with Gasteiger partial charge in [0.05, 0.1) is 6.61 Å². The monoisotopic (exact) mass is 352 g/mol. The predicted octanol–water partition coefficient (Wildman–Crippen LogP) is 5.19. The van der Waals surface area contributed by atoms with Gasteiger partial charge in [-0.05, 0) is 67.1 Å². The quantitative estimate of drug-likeness (QED) is 0.538. The van der Waals surface area contributed by atoms with Gasteiger partial charge >= 0.3 is 0 Å². The van der Waals surface area contributed by atoms with Gasteiger partial charge in [0, 0.05) is 12.2 Å². The molecule has 4 nitrogen and oxygen atoms in total. The molecule has 4 heteroatoms. The summed E-state index contributed by atoms with van der Waals surface area (Å²) >= 11 is 0. The van der Waals surface area contributed by atoms with Gasteiger partial charge in [-0.3, -0.25) is 0 Å². The minimum absolute atomic E-state index is 0.147. The maximum atomic E-state index is 9.12. The molecule has 0 atom stereocenters. The lowest BCUT2D eigenvalue weighted by molar-refractivity contribution is 0.303. The third-order valence-corrected chi connectivity index (χ3v) is 4.43. The number of aliphatic hydroxyl groups excluding tert-OH is 1. The van der Waals surface area contributed by atoms with Crippen LogP contribution in [0.1, 0.15) is 38.7 Å². The lowest BCUT2D eigenvalue weighted by Gasteiger charge is -2.06. The number of aryl methyl sites for hydroxylation is 1. The third kappa shape index (κ3) is 4.64. The van der Waals surface area contributed by atoms with Crippen LogP contribution in [0.25, 0.3) is 22.6 Å². The summed E-state index contributed by atoms with van der Waals surface area (Å²) in [4.78, 5) is 4.63. The van der Waals surface area contributed by atoms with E-state index in [2.05, 4.69) is 24.0 Å². The molecule has 26 heavy (non-hydrogen) atoms. The van der Waals surface area contributed by atoms with Crippen molar-refractivity contribution >= 4 is 11.1 Å². The number of fused-ring (bicyclic) bond motifs is 1. The number of aromatic nitrogens is 1. The Labute approximate surface area is 154 Å². The van der Waals surface area contributed by atoms with E-state index in [1.807, 2.05) is 37.3 Å². The number of hydrogen-bond acceptors (Lipinski definition) is 4. The van der Waals surface area contributed by atoms with E-state index < -0.39 is 0 Å².